The zero-order chi connectivity index (χ0) is 11.2. The smallest absolute Gasteiger partial charge is 0.218 e. The number of hydrogen-bond acceptors (Lipinski definition) is 6. The second kappa shape index (κ2) is 5.62. The number of hydrazine groups is 1. The van der Waals surface area contributed by atoms with Crippen LogP contribution in [0.3, 0.4) is 0 Å². The summed E-state index contributed by atoms with van der Waals surface area (Å²) in [6.07, 6.45) is 4.03. The minimum atomic E-state index is 0.558. The van der Waals surface area contributed by atoms with Crippen LogP contribution in [0.1, 0.15) is 12.8 Å². The summed E-state index contributed by atoms with van der Waals surface area (Å²) >= 11 is 0. The first-order chi connectivity index (χ1) is 7.88. The quantitative estimate of drug-likeness (QED) is 0.550. The van der Waals surface area contributed by atoms with Crippen LogP contribution in [0.4, 0.5) is 5.82 Å². The molecule has 6 heteroatoms. The van der Waals surface area contributed by atoms with Crippen LogP contribution in [0.15, 0.2) is 12.4 Å². The average Bonchev–Trinajstić information content (AvgIpc) is 2.82. The van der Waals surface area contributed by atoms with Gasteiger partial charge < -0.3 is 10.2 Å². The number of ether oxygens (including phenoxy) is 1. The molecule has 1 aromatic rings. The van der Waals surface area contributed by atoms with E-state index < -0.39 is 0 Å². The van der Waals surface area contributed by atoms with Gasteiger partial charge in [-0.3, -0.25) is 4.90 Å². The largest absolute Gasteiger partial charge is 0.476 e. The molecule has 0 amide bonds. The normalized spacial score (nSPS) is 16.3. The molecule has 0 aliphatic carbocycles. The summed E-state index contributed by atoms with van der Waals surface area (Å²) in [4.78, 5) is 10.3. The third-order valence-corrected chi connectivity index (χ3v) is 2.65. The van der Waals surface area contributed by atoms with Crippen LogP contribution < -0.4 is 16.0 Å². The predicted octanol–water partition coefficient (Wildman–Crippen LogP) is 0.237. The summed E-state index contributed by atoms with van der Waals surface area (Å²) in [5.74, 6) is 6.36. The second-order valence-electron chi connectivity index (χ2n) is 3.78. The maximum atomic E-state index is 5.52. The summed E-state index contributed by atoms with van der Waals surface area (Å²) in [5, 5.41) is 0. The van der Waals surface area contributed by atoms with Crippen molar-refractivity contribution in [1.82, 2.24) is 14.9 Å². The number of rotatable bonds is 5. The van der Waals surface area contributed by atoms with Crippen molar-refractivity contribution in [3.63, 3.8) is 0 Å². The highest BCUT2D eigenvalue weighted by Crippen LogP contribution is 2.10. The lowest BCUT2D eigenvalue weighted by atomic mass is 10.4. The lowest BCUT2D eigenvalue weighted by molar-refractivity contribution is 0.232. The van der Waals surface area contributed by atoms with Gasteiger partial charge in [-0.25, -0.2) is 15.8 Å². The van der Waals surface area contributed by atoms with Crippen molar-refractivity contribution in [3.05, 3.63) is 12.4 Å². The van der Waals surface area contributed by atoms with Crippen LogP contribution in [0.5, 0.6) is 5.88 Å². The Morgan fingerprint density at radius 3 is 2.94 bits per heavy atom. The lowest BCUT2D eigenvalue weighted by Crippen LogP contribution is -2.25. The summed E-state index contributed by atoms with van der Waals surface area (Å²) in [5.41, 5.74) is 2.46. The molecule has 0 bridgehead atoms. The van der Waals surface area contributed by atoms with Gasteiger partial charge in [0.15, 0.2) is 0 Å². The molecule has 0 aromatic carbocycles. The molecule has 0 unspecified atom stereocenters. The van der Waals surface area contributed by atoms with Crippen LogP contribution >= 0.6 is 0 Å². The number of likely N-dealkylation sites (tertiary alicyclic amines) is 1. The van der Waals surface area contributed by atoms with E-state index >= 15 is 0 Å². The van der Waals surface area contributed by atoms with Crippen molar-refractivity contribution in [3.8, 4) is 5.88 Å². The van der Waals surface area contributed by atoms with Crippen LogP contribution in [-0.4, -0.2) is 41.1 Å². The first-order valence-electron chi connectivity index (χ1n) is 5.52. The van der Waals surface area contributed by atoms with Gasteiger partial charge in [-0.1, -0.05) is 0 Å². The van der Waals surface area contributed by atoms with E-state index in [2.05, 4.69) is 20.3 Å². The molecule has 0 saturated carbocycles. The van der Waals surface area contributed by atoms with Gasteiger partial charge >= 0.3 is 0 Å². The molecule has 16 heavy (non-hydrogen) atoms. The summed E-state index contributed by atoms with van der Waals surface area (Å²) in [7, 11) is 0. The summed E-state index contributed by atoms with van der Waals surface area (Å²) in [6, 6.07) is 1.68. The molecule has 2 rings (SSSR count). The second-order valence-corrected chi connectivity index (χ2v) is 3.78. The van der Waals surface area contributed by atoms with Gasteiger partial charge in [0.2, 0.25) is 5.88 Å². The van der Waals surface area contributed by atoms with Gasteiger partial charge in [0, 0.05) is 12.6 Å². The molecule has 0 radical (unpaired) electrons. The molecule has 0 spiro atoms. The molecule has 1 aromatic heterocycles. The minimum absolute atomic E-state index is 0.558. The van der Waals surface area contributed by atoms with E-state index in [0.29, 0.717) is 18.3 Å². The lowest BCUT2D eigenvalue weighted by Gasteiger charge is -2.14. The molecule has 1 aliphatic rings. The minimum Gasteiger partial charge on any atom is -0.476 e. The van der Waals surface area contributed by atoms with Crippen molar-refractivity contribution in [2.24, 2.45) is 5.84 Å². The van der Waals surface area contributed by atoms with Crippen LogP contribution in [0.2, 0.25) is 0 Å². The predicted molar refractivity (Wildman–Crippen MR) is 61.0 cm³/mol. The van der Waals surface area contributed by atoms with E-state index in [1.54, 1.807) is 6.07 Å². The Morgan fingerprint density at radius 1 is 1.38 bits per heavy atom. The molecule has 1 aliphatic heterocycles. The Bertz CT molecular complexity index is 327. The Morgan fingerprint density at radius 2 is 2.19 bits per heavy atom. The fraction of sp³-hybridized carbons (Fsp3) is 0.600. The van der Waals surface area contributed by atoms with E-state index in [4.69, 9.17) is 10.6 Å². The average molecular weight is 223 g/mol. The fourth-order valence-electron chi connectivity index (χ4n) is 1.78. The zero-order valence-electron chi connectivity index (χ0n) is 9.22. The van der Waals surface area contributed by atoms with E-state index in [0.717, 1.165) is 6.54 Å². The van der Waals surface area contributed by atoms with Crippen LogP contribution in [-0.2, 0) is 0 Å². The maximum Gasteiger partial charge on any atom is 0.218 e. The van der Waals surface area contributed by atoms with Crippen LogP contribution in [0, 0.1) is 0 Å². The van der Waals surface area contributed by atoms with E-state index in [-0.39, 0.29) is 0 Å². The van der Waals surface area contributed by atoms with Gasteiger partial charge in [-0.2, -0.15) is 0 Å². The molecule has 88 valence electrons. The third-order valence-electron chi connectivity index (χ3n) is 2.65. The number of aromatic nitrogens is 2. The fourth-order valence-corrected chi connectivity index (χ4v) is 1.78. The molecule has 0 atom stereocenters. The number of nitrogens with zero attached hydrogens (tertiary/aromatic N) is 3. The van der Waals surface area contributed by atoms with Crippen molar-refractivity contribution >= 4 is 5.82 Å². The highest BCUT2D eigenvalue weighted by molar-refractivity contribution is 5.35. The molecule has 1 fully saturated rings. The van der Waals surface area contributed by atoms with E-state index in [1.807, 2.05) is 0 Å². The van der Waals surface area contributed by atoms with E-state index in [9.17, 15) is 0 Å². The van der Waals surface area contributed by atoms with Crippen molar-refractivity contribution in [2.45, 2.75) is 12.8 Å². The number of nitrogens with two attached hydrogens (primary N) is 1. The van der Waals surface area contributed by atoms with Crippen molar-refractivity contribution in [2.75, 3.05) is 31.7 Å². The van der Waals surface area contributed by atoms with E-state index in [1.165, 1.54) is 32.3 Å². The number of hydrogen-bond donors (Lipinski definition) is 2. The van der Waals surface area contributed by atoms with Crippen molar-refractivity contribution in [1.29, 1.82) is 0 Å². The first-order valence-corrected chi connectivity index (χ1v) is 5.52. The number of anilines is 1. The molecule has 3 N–H and O–H groups in total. The van der Waals surface area contributed by atoms with Crippen LogP contribution in [0.25, 0.3) is 0 Å². The van der Waals surface area contributed by atoms with Crippen molar-refractivity contribution < 1.29 is 4.74 Å². The number of nitrogen functional groups attached to an aromatic ring is 1. The maximum absolute atomic E-state index is 5.52. The molecular formula is C10H17N5O. The summed E-state index contributed by atoms with van der Waals surface area (Å²) in [6.45, 7) is 3.97. The zero-order valence-corrected chi connectivity index (χ0v) is 9.22. The summed E-state index contributed by atoms with van der Waals surface area (Å²) < 4.78 is 5.52. The molecule has 1 saturated heterocycles. The topological polar surface area (TPSA) is 76.3 Å². The van der Waals surface area contributed by atoms with Gasteiger partial charge in [-0.05, 0) is 25.9 Å². The number of nitrogens with one attached hydrogen (secondary N) is 1. The highest BCUT2D eigenvalue weighted by atomic mass is 16.5. The standard InChI is InChI=1S/C10H17N5O/c11-14-9-7-10(13-8-12-9)16-6-5-15-3-1-2-4-15/h7-8H,1-6,11H2,(H,12,13,14). The Labute approximate surface area is 94.8 Å². The van der Waals surface area contributed by atoms with Gasteiger partial charge in [0.25, 0.3) is 0 Å². The van der Waals surface area contributed by atoms with Gasteiger partial charge in [0.1, 0.15) is 18.8 Å². The third kappa shape index (κ3) is 3.04. The molecule has 6 nitrogen and oxygen atoms in total. The Kier molecular flexibility index (Phi) is 3.90. The van der Waals surface area contributed by atoms with Gasteiger partial charge in [0.05, 0.1) is 0 Å². The highest BCUT2D eigenvalue weighted by Gasteiger charge is 2.10. The first kappa shape index (κ1) is 11.1. The SMILES string of the molecule is NNc1cc(OCCN2CCCC2)ncn1. The monoisotopic (exact) mass is 223 g/mol. The molecule has 2 heterocycles. The van der Waals surface area contributed by atoms with Gasteiger partial charge in [-0.15, -0.1) is 0 Å². The Balaban J connectivity index is 1.75. The molecular weight excluding hydrogens is 206 g/mol. The Hall–Kier alpha value is -1.40.